The monoisotopic (exact) mass is 250 g/mol. The Kier molecular flexibility index (Phi) is 10.2. The van der Waals surface area contributed by atoms with Crippen molar-refractivity contribution in [3.05, 3.63) is 0 Å². The molecule has 0 heterocycles. The molecule has 0 spiro atoms. The Labute approximate surface area is 101 Å². The Morgan fingerprint density at radius 3 is 1.75 bits per heavy atom. The van der Waals surface area contributed by atoms with E-state index in [9.17, 15) is 9.59 Å². The largest absolute Gasteiger partial charge is 0.481 e. The molecule has 0 atom stereocenters. The normalized spacial score (nSPS) is 10.1. The molecule has 0 saturated carbocycles. The van der Waals surface area contributed by atoms with Gasteiger partial charge in [0, 0.05) is 12.8 Å². The molecule has 16 heavy (non-hydrogen) atoms. The second-order valence-corrected chi connectivity index (χ2v) is 3.97. The van der Waals surface area contributed by atoms with Crippen LogP contribution >= 0.6 is 11.9 Å². The highest BCUT2D eigenvalue weighted by Gasteiger charge is 2.00. The van der Waals surface area contributed by atoms with Crippen LogP contribution in [0.1, 0.15) is 57.8 Å². The highest BCUT2D eigenvalue weighted by Crippen LogP contribution is 2.10. The third-order valence-electron chi connectivity index (χ3n) is 2.36. The van der Waals surface area contributed by atoms with Crippen molar-refractivity contribution < 1.29 is 19.0 Å². The highest BCUT2D eigenvalue weighted by atomic mass is 35.5. The van der Waals surface area contributed by atoms with E-state index in [0.717, 1.165) is 44.9 Å². The first kappa shape index (κ1) is 15.2. The summed E-state index contributed by atoms with van der Waals surface area (Å²) in [6.45, 7) is 0. The summed E-state index contributed by atoms with van der Waals surface area (Å²) in [5.74, 6) is -1.09. The van der Waals surface area contributed by atoms with Crippen LogP contribution in [0.4, 0.5) is 0 Å². The number of carboxylic acids is 1. The molecule has 1 N–H and O–H groups in total. The number of unbranched alkanes of at least 4 members (excludes halogenated alkanes) is 6. The summed E-state index contributed by atoms with van der Waals surface area (Å²) < 4.78 is 4.01. The summed E-state index contributed by atoms with van der Waals surface area (Å²) in [6.07, 6.45) is 7.39. The average Bonchev–Trinajstić information content (AvgIpc) is 2.26. The summed E-state index contributed by atoms with van der Waals surface area (Å²) >= 11 is 4.88. The van der Waals surface area contributed by atoms with Gasteiger partial charge < -0.3 is 9.40 Å². The van der Waals surface area contributed by atoms with Gasteiger partial charge in [-0.05, 0) is 12.8 Å². The lowest BCUT2D eigenvalue weighted by atomic mass is 10.1. The zero-order chi connectivity index (χ0) is 12.2. The Morgan fingerprint density at radius 2 is 1.31 bits per heavy atom. The molecule has 0 rings (SSSR count). The fraction of sp³-hybridized carbons (Fsp3) is 0.818. The van der Waals surface area contributed by atoms with Gasteiger partial charge in [0.15, 0.2) is 0 Å². The van der Waals surface area contributed by atoms with Gasteiger partial charge in [-0.25, -0.2) is 0 Å². The second-order valence-electron chi connectivity index (χ2n) is 3.82. The minimum absolute atomic E-state index is 0.265. The van der Waals surface area contributed by atoms with Gasteiger partial charge in [0.05, 0.1) is 0 Å². The molecular formula is C11H19ClO4. The van der Waals surface area contributed by atoms with E-state index in [1.807, 2.05) is 0 Å². The number of rotatable bonds is 10. The molecule has 0 bridgehead atoms. The molecule has 0 fully saturated rings. The van der Waals surface area contributed by atoms with Crippen molar-refractivity contribution in [3.8, 4) is 0 Å². The van der Waals surface area contributed by atoms with Gasteiger partial charge in [0.25, 0.3) is 0 Å². The van der Waals surface area contributed by atoms with E-state index in [1.165, 1.54) is 0 Å². The molecular weight excluding hydrogens is 232 g/mol. The Balaban J connectivity index is 3.04. The number of aliphatic carboxylic acids is 1. The summed E-state index contributed by atoms with van der Waals surface area (Å²) in [5.41, 5.74) is 0. The van der Waals surface area contributed by atoms with Crippen molar-refractivity contribution in [2.75, 3.05) is 0 Å². The molecule has 0 aliphatic heterocycles. The van der Waals surface area contributed by atoms with Crippen molar-refractivity contribution in [2.45, 2.75) is 57.8 Å². The summed E-state index contributed by atoms with van der Waals surface area (Å²) in [5, 5.41) is 8.41. The number of hydrogen-bond acceptors (Lipinski definition) is 3. The molecule has 0 aromatic rings. The predicted octanol–water partition coefficient (Wildman–Crippen LogP) is 3.28. The van der Waals surface area contributed by atoms with Crippen LogP contribution in [0.5, 0.6) is 0 Å². The van der Waals surface area contributed by atoms with Crippen molar-refractivity contribution in [1.82, 2.24) is 0 Å². The number of halogens is 1. The highest BCUT2D eigenvalue weighted by molar-refractivity contribution is 6.13. The van der Waals surface area contributed by atoms with Crippen LogP contribution < -0.4 is 0 Å². The van der Waals surface area contributed by atoms with Crippen molar-refractivity contribution >= 4 is 23.8 Å². The summed E-state index contributed by atoms with van der Waals surface area (Å²) in [6, 6.07) is 0. The quantitative estimate of drug-likeness (QED) is 0.605. The fourth-order valence-corrected chi connectivity index (χ4v) is 1.55. The maximum absolute atomic E-state index is 10.6. The first-order chi connectivity index (χ1) is 7.66. The lowest BCUT2D eigenvalue weighted by Crippen LogP contribution is -1.96. The molecule has 0 saturated heterocycles. The van der Waals surface area contributed by atoms with Gasteiger partial charge in [0.1, 0.15) is 11.9 Å². The van der Waals surface area contributed by atoms with Crippen LogP contribution in [0.15, 0.2) is 0 Å². The maximum atomic E-state index is 10.6. The third-order valence-corrected chi connectivity index (χ3v) is 2.53. The number of hydrogen-bond donors (Lipinski definition) is 1. The molecule has 0 unspecified atom stereocenters. The minimum atomic E-state index is -0.723. The lowest BCUT2D eigenvalue weighted by Gasteiger charge is -2.00. The molecule has 5 heteroatoms. The van der Waals surface area contributed by atoms with E-state index < -0.39 is 5.97 Å². The zero-order valence-corrected chi connectivity index (χ0v) is 10.2. The first-order valence-corrected chi connectivity index (χ1v) is 6.01. The molecule has 0 aliphatic carbocycles. The van der Waals surface area contributed by atoms with Gasteiger partial charge >= 0.3 is 11.9 Å². The number of carbonyl (C=O) groups is 2. The van der Waals surface area contributed by atoms with Gasteiger partial charge in [-0.15, -0.1) is 0 Å². The van der Waals surface area contributed by atoms with E-state index in [0.29, 0.717) is 6.42 Å². The molecule has 0 aliphatic rings. The smallest absolute Gasteiger partial charge is 0.324 e. The number of carbonyl (C=O) groups excluding carboxylic acids is 1. The van der Waals surface area contributed by atoms with Gasteiger partial charge in [-0.1, -0.05) is 32.1 Å². The molecule has 0 aromatic carbocycles. The van der Waals surface area contributed by atoms with Crippen molar-refractivity contribution in [3.63, 3.8) is 0 Å². The minimum Gasteiger partial charge on any atom is -0.481 e. The zero-order valence-electron chi connectivity index (χ0n) is 9.41. The molecule has 0 radical (unpaired) electrons. The summed E-state index contributed by atoms with van der Waals surface area (Å²) in [4.78, 5) is 20.9. The Hall–Kier alpha value is -0.770. The van der Waals surface area contributed by atoms with Crippen LogP contribution in [0.2, 0.25) is 0 Å². The first-order valence-electron chi connectivity index (χ1n) is 5.70. The van der Waals surface area contributed by atoms with E-state index >= 15 is 0 Å². The molecule has 0 aromatic heterocycles. The molecule has 4 nitrogen and oxygen atoms in total. The van der Waals surface area contributed by atoms with Crippen LogP contribution in [-0.4, -0.2) is 17.0 Å². The van der Waals surface area contributed by atoms with Gasteiger partial charge in [-0.3, -0.25) is 9.59 Å². The van der Waals surface area contributed by atoms with Crippen LogP contribution in [0.3, 0.4) is 0 Å². The van der Waals surface area contributed by atoms with E-state index in [-0.39, 0.29) is 12.4 Å². The third kappa shape index (κ3) is 11.3. The van der Waals surface area contributed by atoms with E-state index in [1.54, 1.807) is 0 Å². The van der Waals surface area contributed by atoms with Crippen LogP contribution in [0, 0.1) is 0 Å². The SMILES string of the molecule is O=C(O)CCCCCCCCCC(=O)OCl. The Bertz CT molecular complexity index is 206. The number of carboxylic acid groups (broad SMARTS) is 1. The van der Waals surface area contributed by atoms with Crippen LogP contribution in [-0.2, 0) is 13.9 Å². The van der Waals surface area contributed by atoms with Crippen LogP contribution in [0.25, 0.3) is 0 Å². The molecule has 94 valence electrons. The lowest BCUT2D eigenvalue weighted by molar-refractivity contribution is -0.137. The predicted molar refractivity (Wildman–Crippen MR) is 61.1 cm³/mol. The van der Waals surface area contributed by atoms with E-state index in [4.69, 9.17) is 17.0 Å². The van der Waals surface area contributed by atoms with Gasteiger partial charge in [0.2, 0.25) is 0 Å². The van der Waals surface area contributed by atoms with Crippen molar-refractivity contribution in [1.29, 1.82) is 0 Å². The summed E-state index contributed by atoms with van der Waals surface area (Å²) in [7, 11) is 0. The average molecular weight is 251 g/mol. The Morgan fingerprint density at radius 1 is 0.875 bits per heavy atom. The van der Waals surface area contributed by atoms with E-state index in [2.05, 4.69) is 4.29 Å². The van der Waals surface area contributed by atoms with Gasteiger partial charge in [-0.2, -0.15) is 0 Å². The second kappa shape index (κ2) is 10.7. The molecule has 0 amide bonds. The maximum Gasteiger partial charge on any atom is 0.324 e. The topological polar surface area (TPSA) is 63.6 Å². The fourth-order valence-electron chi connectivity index (χ4n) is 1.47. The van der Waals surface area contributed by atoms with Crippen molar-refractivity contribution in [2.24, 2.45) is 0 Å². The standard InChI is InChI=1S/C11H19ClO4/c12-16-11(15)9-7-5-3-1-2-4-6-8-10(13)14/h1-9H2,(H,13,14).